The van der Waals surface area contributed by atoms with Gasteiger partial charge in [-0.2, -0.15) is 14.6 Å². The van der Waals surface area contributed by atoms with E-state index in [1.165, 1.54) is 10.7 Å². The highest BCUT2D eigenvalue weighted by atomic mass is 32.2. The number of anilines is 1. The zero-order chi connectivity index (χ0) is 26.5. The van der Waals surface area contributed by atoms with Crippen molar-refractivity contribution in [2.75, 3.05) is 24.2 Å². The molecule has 0 saturated carbocycles. The molecule has 5 rings (SSSR count). The number of aryl methyl sites for hydroxylation is 1. The highest BCUT2D eigenvalue weighted by Crippen LogP contribution is 2.34. The molecule has 10 nitrogen and oxygen atoms in total. The van der Waals surface area contributed by atoms with E-state index in [0.29, 0.717) is 55.4 Å². The minimum absolute atomic E-state index is 0.120. The number of aromatic nitrogens is 5. The first-order valence-electron chi connectivity index (χ1n) is 11.8. The zero-order valence-electron chi connectivity index (χ0n) is 20.8. The van der Waals surface area contributed by atoms with Crippen molar-refractivity contribution in [3.8, 4) is 17.0 Å². The molecule has 0 atom stereocenters. The average Bonchev–Trinajstić information content (AvgIpc) is 3.46. The molecule has 0 N–H and O–H groups in total. The number of halogens is 2. The Kier molecular flexibility index (Phi) is 6.34. The molecule has 4 aromatic rings. The molecule has 4 heterocycles. The first kappa shape index (κ1) is 25.1. The molecule has 196 valence electrons. The summed E-state index contributed by atoms with van der Waals surface area (Å²) in [6, 6.07) is 3.71. The Morgan fingerprint density at radius 2 is 1.89 bits per heavy atom. The molecule has 37 heavy (non-hydrogen) atoms. The van der Waals surface area contributed by atoms with Gasteiger partial charge in [0.2, 0.25) is 5.88 Å². The van der Waals surface area contributed by atoms with Crippen LogP contribution in [0.25, 0.3) is 16.8 Å². The fraction of sp³-hybridized carbons (Fsp3) is 0.417. The number of hydrogen-bond donors (Lipinski definition) is 0. The molecule has 0 unspecified atom stereocenters. The van der Waals surface area contributed by atoms with Crippen molar-refractivity contribution in [1.82, 2.24) is 24.7 Å². The molecule has 1 aliphatic heterocycles. The minimum Gasteiger partial charge on any atom is -0.474 e. The molecule has 13 heteroatoms. The molecule has 0 spiro atoms. The summed E-state index contributed by atoms with van der Waals surface area (Å²) in [5, 5.41) is 8.47. The van der Waals surface area contributed by atoms with Crippen LogP contribution < -0.4 is 9.64 Å². The van der Waals surface area contributed by atoms with Crippen LogP contribution in [0, 0.1) is 18.6 Å². The minimum atomic E-state index is -3.93. The maximum atomic E-state index is 15.0. The molecular formula is C24H26F2N6O4S. The number of fused-ring (bicyclic) bond motifs is 1. The van der Waals surface area contributed by atoms with Crippen LogP contribution in [0.1, 0.15) is 44.1 Å². The number of ether oxygens (including phenoxy) is 1. The summed E-state index contributed by atoms with van der Waals surface area (Å²) in [4.78, 5) is 10.1. The number of benzene rings is 1. The first-order valence-corrected chi connectivity index (χ1v) is 13.7. The number of piperidine rings is 1. The average molecular weight is 533 g/mol. The summed E-state index contributed by atoms with van der Waals surface area (Å²) in [7, 11) is -3.93. The molecule has 3 aromatic heterocycles. The number of hydrogen-bond acceptors (Lipinski definition) is 9. The maximum absolute atomic E-state index is 15.0. The van der Waals surface area contributed by atoms with Crippen molar-refractivity contribution in [2.24, 2.45) is 0 Å². The number of sulfone groups is 1. The molecule has 1 fully saturated rings. The van der Waals surface area contributed by atoms with Crippen LogP contribution in [0.2, 0.25) is 0 Å². The highest BCUT2D eigenvalue weighted by Gasteiger charge is 2.27. The third kappa shape index (κ3) is 4.75. The second-order valence-electron chi connectivity index (χ2n) is 9.41. The first-order chi connectivity index (χ1) is 17.5. The molecule has 0 radical (unpaired) electrons. The second-order valence-corrected chi connectivity index (χ2v) is 11.4. The van der Waals surface area contributed by atoms with Gasteiger partial charge in [-0.25, -0.2) is 22.2 Å². The third-order valence-electron chi connectivity index (χ3n) is 6.30. The van der Waals surface area contributed by atoms with Crippen LogP contribution in [0.15, 0.2) is 33.8 Å². The number of nitrogens with zero attached hydrogens (tertiary/aromatic N) is 6. The summed E-state index contributed by atoms with van der Waals surface area (Å²) >= 11 is 0. The molecule has 0 bridgehead atoms. The van der Waals surface area contributed by atoms with Gasteiger partial charge in [-0.15, -0.1) is 0 Å². The second kappa shape index (κ2) is 9.36. The molecule has 1 aliphatic rings. The van der Waals surface area contributed by atoms with E-state index < -0.39 is 26.4 Å². The largest absolute Gasteiger partial charge is 0.474 e. The van der Waals surface area contributed by atoms with Crippen LogP contribution in [-0.2, 0) is 9.84 Å². The summed E-state index contributed by atoms with van der Waals surface area (Å²) in [5.74, 6) is -0.677. The Labute approximate surface area is 212 Å². The molecule has 0 aliphatic carbocycles. The van der Waals surface area contributed by atoms with Crippen LogP contribution >= 0.6 is 0 Å². The lowest BCUT2D eigenvalue weighted by molar-refractivity contribution is 0.157. The smallest absolute Gasteiger partial charge is 0.324 e. The van der Waals surface area contributed by atoms with Crippen LogP contribution in [0.3, 0.4) is 0 Å². The van der Waals surface area contributed by atoms with Crippen molar-refractivity contribution >= 4 is 21.5 Å². The Bertz CT molecular complexity index is 1580. The van der Waals surface area contributed by atoms with E-state index in [2.05, 4.69) is 20.2 Å². The van der Waals surface area contributed by atoms with Crippen molar-refractivity contribution in [3.05, 3.63) is 47.5 Å². The van der Waals surface area contributed by atoms with Crippen molar-refractivity contribution < 1.29 is 26.5 Å². The summed E-state index contributed by atoms with van der Waals surface area (Å²) < 4.78 is 66.2. The predicted molar refractivity (Wildman–Crippen MR) is 130 cm³/mol. The molecular weight excluding hydrogens is 506 g/mol. The van der Waals surface area contributed by atoms with Gasteiger partial charge < -0.3 is 14.2 Å². The highest BCUT2D eigenvalue weighted by molar-refractivity contribution is 7.90. The van der Waals surface area contributed by atoms with E-state index in [4.69, 9.17) is 9.26 Å². The van der Waals surface area contributed by atoms with Crippen LogP contribution in [0.5, 0.6) is 5.88 Å². The lowest BCUT2D eigenvalue weighted by atomic mass is 10.1. The van der Waals surface area contributed by atoms with E-state index in [9.17, 15) is 17.2 Å². The SMILES string of the molecule is Cc1nn2c(OC3CCN(c4nc(C(C)C)no4)CC3)ccnc2c1-c1cc(F)c(S(C)(=O)=O)cc1F. The molecule has 0 amide bonds. The summed E-state index contributed by atoms with van der Waals surface area (Å²) in [6.07, 6.45) is 3.61. The Hall–Kier alpha value is -3.61. The Morgan fingerprint density at radius 1 is 1.16 bits per heavy atom. The predicted octanol–water partition coefficient (Wildman–Crippen LogP) is 3.94. The van der Waals surface area contributed by atoms with Crippen LogP contribution in [-0.4, -0.2) is 58.6 Å². The fourth-order valence-corrected chi connectivity index (χ4v) is 5.09. The van der Waals surface area contributed by atoms with Gasteiger partial charge >= 0.3 is 6.01 Å². The van der Waals surface area contributed by atoms with Crippen molar-refractivity contribution in [3.63, 3.8) is 0 Å². The van der Waals surface area contributed by atoms with Gasteiger partial charge in [-0.05, 0) is 19.1 Å². The van der Waals surface area contributed by atoms with Gasteiger partial charge in [-0.3, -0.25) is 0 Å². The van der Waals surface area contributed by atoms with Crippen LogP contribution in [0.4, 0.5) is 14.8 Å². The summed E-state index contributed by atoms with van der Waals surface area (Å²) in [5.41, 5.74) is 0.788. The van der Waals surface area contributed by atoms with Gasteiger partial charge in [-0.1, -0.05) is 19.0 Å². The van der Waals surface area contributed by atoms with Crippen molar-refractivity contribution in [1.29, 1.82) is 0 Å². The van der Waals surface area contributed by atoms with Gasteiger partial charge in [0.05, 0.1) is 11.3 Å². The topological polar surface area (TPSA) is 116 Å². The Balaban J connectivity index is 1.39. The number of rotatable bonds is 6. The van der Waals surface area contributed by atoms with Gasteiger partial charge in [0.15, 0.2) is 21.3 Å². The lowest BCUT2D eigenvalue weighted by Gasteiger charge is -2.30. The quantitative estimate of drug-likeness (QED) is 0.364. The lowest BCUT2D eigenvalue weighted by Crippen LogP contribution is -2.38. The van der Waals surface area contributed by atoms with E-state index in [-0.39, 0.29) is 28.8 Å². The monoisotopic (exact) mass is 532 g/mol. The zero-order valence-corrected chi connectivity index (χ0v) is 21.6. The van der Waals surface area contributed by atoms with Gasteiger partial charge in [0.25, 0.3) is 0 Å². The molecule has 1 aromatic carbocycles. The summed E-state index contributed by atoms with van der Waals surface area (Å²) in [6.45, 7) is 6.98. The van der Waals surface area contributed by atoms with E-state index in [1.807, 2.05) is 18.7 Å². The van der Waals surface area contributed by atoms with Gasteiger partial charge in [0, 0.05) is 55.9 Å². The standard InChI is InChI=1S/C24H26F2N6O4S/c1-13(2)22-28-24(36-30-22)31-9-6-15(7-10-31)35-20-5-8-27-23-21(14(3)29-32(20)23)16-11-18(26)19(12-17(16)25)37(4,33)34/h5,8,11-13,15H,6-7,9-10H2,1-4H3. The maximum Gasteiger partial charge on any atom is 0.324 e. The fourth-order valence-electron chi connectivity index (χ4n) is 4.36. The van der Waals surface area contributed by atoms with E-state index >= 15 is 0 Å². The van der Waals surface area contributed by atoms with E-state index in [0.717, 1.165) is 12.3 Å². The molecule has 1 saturated heterocycles. The van der Waals surface area contributed by atoms with E-state index in [1.54, 1.807) is 13.0 Å². The third-order valence-corrected chi connectivity index (χ3v) is 7.41. The normalized spacial score (nSPS) is 15.2. The van der Waals surface area contributed by atoms with Gasteiger partial charge in [0.1, 0.15) is 22.6 Å². The Morgan fingerprint density at radius 3 is 2.54 bits per heavy atom. The van der Waals surface area contributed by atoms with Crippen molar-refractivity contribution in [2.45, 2.75) is 50.5 Å².